The summed E-state index contributed by atoms with van der Waals surface area (Å²) in [7, 11) is 0. The molecule has 4 amide bonds. The zero-order valence-electron chi connectivity index (χ0n) is 21.2. The number of rotatable bonds is 8. The summed E-state index contributed by atoms with van der Waals surface area (Å²) in [4.78, 5) is 53.6. The highest BCUT2D eigenvalue weighted by Gasteiger charge is 2.40. The van der Waals surface area contributed by atoms with Gasteiger partial charge >= 0.3 is 0 Å². The molecule has 0 aliphatic carbocycles. The van der Waals surface area contributed by atoms with Crippen molar-refractivity contribution in [3.63, 3.8) is 0 Å². The smallest absolute Gasteiger partial charge is 0.272 e. The van der Waals surface area contributed by atoms with Crippen LogP contribution >= 0.6 is 35.0 Å². The molecule has 8 nitrogen and oxygen atoms in total. The Labute approximate surface area is 249 Å². The van der Waals surface area contributed by atoms with Crippen molar-refractivity contribution in [3.05, 3.63) is 118 Å². The lowest BCUT2D eigenvalue weighted by Gasteiger charge is -2.16. The summed E-state index contributed by atoms with van der Waals surface area (Å²) in [5.41, 5.74) is 1.14. The average molecular weight is 606 g/mol. The van der Waals surface area contributed by atoms with E-state index in [1.807, 2.05) is 0 Å². The molecule has 41 heavy (non-hydrogen) atoms. The Morgan fingerprint density at radius 3 is 2.46 bits per heavy atom. The molecule has 1 saturated heterocycles. The molecular formula is C30H21Cl2N3O5S. The van der Waals surface area contributed by atoms with Gasteiger partial charge in [0.05, 0.1) is 27.2 Å². The Morgan fingerprint density at radius 2 is 1.73 bits per heavy atom. The lowest BCUT2D eigenvalue weighted by atomic mass is 10.2. The minimum Gasteiger partial charge on any atom is -0.465 e. The molecule has 1 atom stereocenters. The first-order chi connectivity index (χ1) is 19.8. The SMILES string of the molecule is O=C(Nc1cccc(S[C@@H]2CC(=O)N(c3ccc(Cl)c(Cl)c3)C2=O)c1)/C(=C/c1ccco1)NC(=O)c1ccccc1. The van der Waals surface area contributed by atoms with Crippen LogP contribution in [0.3, 0.4) is 0 Å². The molecule has 2 heterocycles. The average Bonchev–Trinajstić information content (AvgIpc) is 3.57. The summed E-state index contributed by atoms with van der Waals surface area (Å²) in [6.07, 6.45) is 2.88. The third-order valence-electron chi connectivity index (χ3n) is 6.00. The summed E-state index contributed by atoms with van der Waals surface area (Å²) >= 11 is 13.3. The van der Waals surface area contributed by atoms with Crippen molar-refractivity contribution in [2.75, 3.05) is 10.2 Å². The summed E-state index contributed by atoms with van der Waals surface area (Å²) in [5, 5.41) is 5.32. The summed E-state index contributed by atoms with van der Waals surface area (Å²) in [6.45, 7) is 0. The van der Waals surface area contributed by atoms with E-state index in [1.165, 1.54) is 36.2 Å². The van der Waals surface area contributed by atoms with E-state index in [2.05, 4.69) is 10.6 Å². The Hall–Kier alpha value is -4.31. The number of anilines is 2. The van der Waals surface area contributed by atoms with Gasteiger partial charge in [-0.3, -0.25) is 19.2 Å². The van der Waals surface area contributed by atoms with Crippen LogP contribution in [0.25, 0.3) is 6.08 Å². The summed E-state index contributed by atoms with van der Waals surface area (Å²) in [6, 6.07) is 23.3. The second-order valence-electron chi connectivity index (χ2n) is 8.85. The number of imide groups is 1. The zero-order chi connectivity index (χ0) is 28.9. The molecule has 0 spiro atoms. The van der Waals surface area contributed by atoms with E-state index >= 15 is 0 Å². The molecule has 1 fully saturated rings. The molecule has 206 valence electrons. The maximum Gasteiger partial charge on any atom is 0.272 e. The molecule has 0 bridgehead atoms. The van der Waals surface area contributed by atoms with E-state index in [1.54, 1.807) is 72.8 Å². The molecule has 5 rings (SSSR count). The summed E-state index contributed by atoms with van der Waals surface area (Å²) in [5.74, 6) is -1.38. The fourth-order valence-electron chi connectivity index (χ4n) is 4.06. The molecule has 1 aliphatic heterocycles. The number of carbonyl (C=O) groups is 4. The minimum absolute atomic E-state index is 0.00187. The van der Waals surface area contributed by atoms with E-state index in [-0.39, 0.29) is 29.0 Å². The third kappa shape index (κ3) is 6.71. The Kier molecular flexibility index (Phi) is 8.58. The van der Waals surface area contributed by atoms with Gasteiger partial charge in [-0.15, -0.1) is 11.8 Å². The number of furan rings is 1. The van der Waals surface area contributed by atoms with Gasteiger partial charge < -0.3 is 15.1 Å². The molecule has 0 radical (unpaired) electrons. The van der Waals surface area contributed by atoms with Crippen molar-refractivity contribution < 1.29 is 23.6 Å². The largest absolute Gasteiger partial charge is 0.465 e. The fraction of sp³-hybridized carbons (Fsp3) is 0.0667. The fourth-order valence-corrected chi connectivity index (χ4v) is 5.46. The predicted octanol–water partition coefficient (Wildman–Crippen LogP) is 6.42. The molecule has 1 aromatic heterocycles. The zero-order valence-corrected chi connectivity index (χ0v) is 23.5. The van der Waals surface area contributed by atoms with Gasteiger partial charge in [-0.25, -0.2) is 4.90 Å². The van der Waals surface area contributed by atoms with Gasteiger partial charge in [0.25, 0.3) is 11.8 Å². The van der Waals surface area contributed by atoms with E-state index in [0.717, 1.165) is 4.90 Å². The number of carbonyl (C=O) groups excluding carboxylic acids is 4. The van der Waals surface area contributed by atoms with E-state index in [4.69, 9.17) is 27.6 Å². The Morgan fingerprint density at radius 1 is 0.927 bits per heavy atom. The highest BCUT2D eigenvalue weighted by molar-refractivity contribution is 8.00. The highest BCUT2D eigenvalue weighted by atomic mass is 35.5. The molecule has 0 saturated carbocycles. The molecule has 0 unspecified atom stereocenters. The number of halogens is 2. The van der Waals surface area contributed by atoms with Crippen LogP contribution < -0.4 is 15.5 Å². The first kappa shape index (κ1) is 28.2. The Bertz CT molecular complexity index is 1660. The van der Waals surface area contributed by atoms with Crippen molar-refractivity contribution >= 4 is 76.0 Å². The van der Waals surface area contributed by atoms with Crippen LogP contribution in [-0.2, 0) is 14.4 Å². The van der Waals surface area contributed by atoms with Crippen LogP contribution in [0.1, 0.15) is 22.5 Å². The van der Waals surface area contributed by atoms with Crippen LogP contribution in [0.2, 0.25) is 10.0 Å². The lowest BCUT2D eigenvalue weighted by molar-refractivity contribution is -0.121. The monoisotopic (exact) mass is 605 g/mol. The Balaban J connectivity index is 1.30. The molecule has 2 N–H and O–H groups in total. The van der Waals surface area contributed by atoms with Crippen molar-refractivity contribution in [1.29, 1.82) is 0 Å². The topological polar surface area (TPSA) is 109 Å². The van der Waals surface area contributed by atoms with Crippen molar-refractivity contribution in [3.8, 4) is 0 Å². The van der Waals surface area contributed by atoms with Gasteiger partial charge in [-0.2, -0.15) is 0 Å². The van der Waals surface area contributed by atoms with Crippen molar-refractivity contribution in [2.45, 2.75) is 16.6 Å². The second-order valence-corrected chi connectivity index (χ2v) is 10.9. The van der Waals surface area contributed by atoms with Gasteiger partial charge in [0.2, 0.25) is 11.8 Å². The van der Waals surface area contributed by atoms with Gasteiger partial charge in [0, 0.05) is 28.6 Å². The number of nitrogens with zero attached hydrogens (tertiary/aromatic N) is 1. The standard InChI is InChI=1S/C30H21Cl2N3O5S/c31-23-12-11-20(15-24(23)32)35-27(36)17-26(30(35)39)41-22-10-4-8-19(14-22)33-29(38)25(16-21-9-5-13-40-21)34-28(37)18-6-2-1-3-7-18/h1-16,26H,17H2,(H,33,38)(H,34,37)/b25-16-/t26-/m1/s1. The van der Waals surface area contributed by atoms with Crippen LogP contribution in [0.4, 0.5) is 11.4 Å². The van der Waals surface area contributed by atoms with Crippen molar-refractivity contribution in [2.24, 2.45) is 0 Å². The van der Waals surface area contributed by atoms with E-state index in [9.17, 15) is 19.2 Å². The number of amides is 4. The quantitative estimate of drug-likeness (QED) is 0.177. The van der Waals surface area contributed by atoms with Gasteiger partial charge in [0.15, 0.2) is 0 Å². The minimum atomic E-state index is -0.664. The number of thioether (sulfide) groups is 1. The first-order valence-corrected chi connectivity index (χ1v) is 13.9. The molecular weight excluding hydrogens is 585 g/mol. The summed E-state index contributed by atoms with van der Waals surface area (Å²) < 4.78 is 5.33. The normalized spacial score (nSPS) is 15.2. The number of benzene rings is 3. The van der Waals surface area contributed by atoms with Crippen LogP contribution in [0.15, 0.2) is 106 Å². The molecule has 4 aromatic rings. The molecule has 11 heteroatoms. The highest BCUT2D eigenvalue weighted by Crippen LogP contribution is 2.36. The maximum atomic E-state index is 13.2. The number of nitrogens with one attached hydrogen (secondary N) is 2. The molecule has 1 aliphatic rings. The number of hydrogen-bond acceptors (Lipinski definition) is 6. The third-order valence-corrected chi connectivity index (χ3v) is 7.91. The molecule has 3 aromatic carbocycles. The first-order valence-electron chi connectivity index (χ1n) is 12.3. The van der Waals surface area contributed by atoms with Crippen molar-refractivity contribution in [1.82, 2.24) is 5.32 Å². The lowest BCUT2D eigenvalue weighted by Crippen LogP contribution is -2.31. The van der Waals surface area contributed by atoms with Gasteiger partial charge in [-0.05, 0) is 60.7 Å². The van der Waals surface area contributed by atoms with E-state index < -0.39 is 17.1 Å². The van der Waals surface area contributed by atoms with Gasteiger partial charge in [-0.1, -0.05) is 47.5 Å². The predicted molar refractivity (Wildman–Crippen MR) is 159 cm³/mol. The number of hydrogen-bond donors (Lipinski definition) is 2. The van der Waals surface area contributed by atoms with E-state index in [0.29, 0.717) is 32.6 Å². The van der Waals surface area contributed by atoms with Crippen LogP contribution in [-0.4, -0.2) is 28.9 Å². The maximum absolute atomic E-state index is 13.2. The van der Waals surface area contributed by atoms with Gasteiger partial charge in [0.1, 0.15) is 11.5 Å². The van der Waals surface area contributed by atoms with Crippen LogP contribution in [0, 0.1) is 0 Å². The van der Waals surface area contributed by atoms with Crippen LogP contribution in [0.5, 0.6) is 0 Å². The second kappa shape index (κ2) is 12.5.